The number of sulfone groups is 1. The van der Waals surface area contributed by atoms with Crippen molar-refractivity contribution < 1.29 is 8.42 Å². The number of rotatable bonds is 0. The quantitative estimate of drug-likeness (QED) is 0.713. The van der Waals surface area contributed by atoms with E-state index in [4.69, 9.17) is 5.26 Å². The van der Waals surface area contributed by atoms with E-state index in [1.807, 2.05) is 19.1 Å². The van der Waals surface area contributed by atoms with Crippen LogP contribution in [-0.2, 0) is 9.84 Å². The van der Waals surface area contributed by atoms with Gasteiger partial charge in [0.2, 0.25) is 0 Å². The van der Waals surface area contributed by atoms with Crippen LogP contribution in [-0.4, -0.2) is 20.2 Å². The second-order valence-electron chi connectivity index (χ2n) is 3.61. The summed E-state index contributed by atoms with van der Waals surface area (Å²) >= 11 is 0. The van der Waals surface area contributed by atoms with Gasteiger partial charge in [-0.05, 0) is 24.6 Å². The highest BCUT2D eigenvalue weighted by Crippen LogP contribution is 2.28. The zero-order valence-electron chi connectivity index (χ0n) is 8.19. The van der Waals surface area contributed by atoms with Crippen LogP contribution in [0.4, 0.5) is 5.69 Å². The first kappa shape index (κ1) is 9.99. The summed E-state index contributed by atoms with van der Waals surface area (Å²) in [5.74, 6) is -0.153. The number of aryl methyl sites for hydroxylation is 1. The van der Waals surface area contributed by atoms with Crippen molar-refractivity contribution in [1.29, 1.82) is 5.26 Å². The van der Waals surface area contributed by atoms with Crippen molar-refractivity contribution in [2.75, 3.05) is 11.1 Å². The molecule has 0 radical (unpaired) electrons. The SMILES string of the molecule is Cc1ccc2c(c1)S(=O)(=O)CC(C#N)N2. The lowest BCUT2D eigenvalue weighted by atomic mass is 10.2. The van der Waals surface area contributed by atoms with Crippen LogP contribution in [0.3, 0.4) is 0 Å². The van der Waals surface area contributed by atoms with Crippen LogP contribution in [0.2, 0.25) is 0 Å². The normalized spacial score (nSPS) is 22.3. The second kappa shape index (κ2) is 3.24. The molecule has 0 bridgehead atoms. The van der Waals surface area contributed by atoms with Crippen molar-refractivity contribution >= 4 is 15.5 Å². The highest BCUT2D eigenvalue weighted by Gasteiger charge is 2.29. The minimum absolute atomic E-state index is 0.153. The molecule has 4 nitrogen and oxygen atoms in total. The van der Waals surface area contributed by atoms with Gasteiger partial charge in [0, 0.05) is 0 Å². The molecule has 1 aromatic rings. The summed E-state index contributed by atoms with van der Waals surface area (Å²) in [5.41, 5.74) is 1.42. The molecule has 1 N–H and O–H groups in total. The molecule has 1 unspecified atom stereocenters. The summed E-state index contributed by atoms with van der Waals surface area (Å²) in [6, 6.07) is 6.43. The molecule has 1 aliphatic heterocycles. The number of nitrogens with one attached hydrogen (secondary N) is 1. The minimum Gasteiger partial charge on any atom is -0.368 e. The fraction of sp³-hybridized carbons (Fsp3) is 0.300. The van der Waals surface area contributed by atoms with Gasteiger partial charge in [-0.1, -0.05) is 6.07 Å². The molecule has 0 spiro atoms. The van der Waals surface area contributed by atoms with Crippen LogP contribution in [0, 0.1) is 18.3 Å². The van der Waals surface area contributed by atoms with Crippen molar-refractivity contribution in [2.24, 2.45) is 0 Å². The molecule has 0 fully saturated rings. The second-order valence-corrected chi connectivity index (χ2v) is 5.61. The van der Waals surface area contributed by atoms with E-state index in [2.05, 4.69) is 5.32 Å². The molecule has 0 amide bonds. The lowest BCUT2D eigenvalue weighted by Crippen LogP contribution is -2.32. The Bertz CT molecular complexity index is 543. The monoisotopic (exact) mass is 222 g/mol. The number of benzene rings is 1. The third-order valence-electron chi connectivity index (χ3n) is 2.34. The molecule has 1 heterocycles. The predicted octanol–water partition coefficient (Wildman–Crippen LogP) is 1.09. The number of nitriles is 1. The van der Waals surface area contributed by atoms with Crippen molar-refractivity contribution in [3.05, 3.63) is 23.8 Å². The summed E-state index contributed by atoms with van der Waals surface area (Å²) < 4.78 is 23.6. The van der Waals surface area contributed by atoms with Gasteiger partial charge >= 0.3 is 0 Å². The standard InChI is InChI=1S/C10H10N2O2S/c1-7-2-3-9-10(4-7)15(13,14)6-8(5-11)12-9/h2-4,8,12H,6H2,1H3. The lowest BCUT2D eigenvalue weighted by Gasteiger charge is -2.22. The summed E-state index contributed by atoms with van der Waals surface area (Å²) in [6.07, 6.45) is 0. The fourth-order valence-electron chi connectivity index (χ4n) is 1.61. The van der Waals surface area contributed by atoms with Crippen LogP contribution < -0.4 is 5.32 Å². The molecule has 78 valence electrons. The van der Waals surface area contributed by atoms with Gasteiger partial charge in [-0.3, -0.25) is 0 Å². The van der Waals surface area contributed by atoms with Crippen LogP contribution in [0.25, 0.3) is 0 Å². The molecule has 1 aromatic carbocycles. The predicted molar refractivity (Wildman–Crippen MR) is 56.3 cm³/mol. The van der Waals surface area contributed by atoms with Gasteiger partial charge in [0.1, 0.15) is 6.04 Å². The Morgan fingerprint density at radius 1 is 1.53 bits per heavy atom. The maximum absolute atomic E-state index is 11.8. The van der Waals surface area contributed by atoms with Gasteiger partial charge in [-0.2, -0.15) is 5.26 Å². The van der Waals surface area contributed by atoms with Crippen molar-refractivity contribution in [2.45, 2.75) is 17.9 Å². The highest BCUT2D eigenvalue weighted by atomic mass is 32.2. The summed E-state index contributed by atoms with van der Waals surface area (Å²) in [7, 11) is -3.31. The van der Waals surface area contributed by atoms with E-state index in [1.54, 1.807) is 12.1 Å². The maximum Gasteiger partial charge on any atom is 0.183 e. The van der Waals surface area contributed by atoms with E-state index >= 15 is 0 Å². The fourth-order valence-corrected chi connectivity index (χ4v) is 3.22. The molecule has 2 rings (SSSR count). The Hall–Kier alpha value is -1.54. The first-order valence-electron chi connectivity index (χ1n) is 4.52. The molecule has 5 heteroatoms. The first-order valence-corrected chi connectivity index (χ1v) is 6.18. The van der Waals surface area contributed by atoms with E-state index in [1.165, 1.54) is 0 Å². The van der Waals surface area contributed by atoms with E-state index in [0.29, 0.717) is 10.6 Å². The number of nitrogens with zero attached hydrogens (tertiary/aromatic N) is 1. The molecule has 0 saturated carbocycles. The third-order valence-corrected chi connectivity index (χ3v) is 4.12. The Labute approximate surface area is 88.5 Å². The number of fused-ring (bicyclic) bond motifs is 1. The highest BCUT2D eigenvalue weighted by molar-refractivity contribution is 7.91. The molecule has 0 saturated heterocycles. The summed E-state index contributed by atoms with van der Waals surface area (Å²) in [6.45, 7) is 1.84. The van der Waals surface area contributed by atoms with Crippen LogP contribution in [0.15, 0.2) is 23.1 Å². The van der Waals surface area contributed by atoms with Crippen molar-refractivity contribution in [3.8, 4) is 6.07 Å². The third kappa shape index (κ3) is 1.68. The molecular weight excluding hydrogens is 212 g/mol. The average molecular weight is 222 g/mol. The maximum atomic E-state index is 11.8. The molecule has 1 aliphatic rings. The average Bonchev–Trinajstić information content (AvgIpc) is 2.18. The number of hydrogen-bond acceptors (Lipinski definition) is 4. The van der Waals surface area contributed by atoms with E-state index in [0.717, 1.165) is 5.56 Å². The van der Waals surface area contributed by atoms with Crippen LogP contribution >= 0.6 is 0 Å². The van der Waals surface area contributed by atoms with Gasteiger partial charge in [0.05, 0.1) is 22.4 Å². The Kier molecular flexibility index (Phi) is 2.16. The van der Waals surface area contributed by atoms with E-state index < -0.39 is 15.9 Å². The topological polar surface area (TPSA) is 70.0 Å². The Morgan fingerprint density at radius 2 is 2.27 bits per heavy atom. The molecule has 0 aromatic heterocycles. The molecule has 1 atom stereocenters. The lowest BCUT2D eigenvalue weighted by molar-refractivity contribution is 0.591. The van der Waals surface area contributed by atoms with Gasteiger partial charge in [-0.15, -0.1) is 0 Å². The van der Waals surface area contributed by atoms with E-state index in [9.17, 15) is 8.42 Å². The zero-order valence-corrected chi connectivity index (χ0v) is 9.00. The van der Waals surface area contributed by atoms with E-state index in [-0.39, 0.29) is 5.75 Å². The van der Waals surface area contributed by atoms with Crippen molar-refractivity contribution in [1.82, 2.24) is 0 Å². The van der Waals surface area contributed by atoms with Gasteiger partial charge in [-0.25, -0.2) is 8.42 Å². The van der Waals surface area contributed by atoms with Gasteiger partial charge in [0.25, 0.3) is 0 Å². The van der Waals surface area contributed by atoms with Gasteiger partial charge < -0.3 is 5.32 Å². The molecule has 0 aliphatic carbocycles. The molecular formula is C10H10N2O2S. The molecule has 15 heavy (non-hydrogen) atoms. The first-order chi connectivity index (χ1) is 7.03. The summed E-state index contributed by atoms with van der Waals surface area (Å²) in [5, 5.41) is 11.6. The Balaban J connectivity index is 2.62. The largest absolute Gasteiger partial charge is 0.368 e. The number of hydrogen-bond donors (Lipinski definition) is 1. The van der Waals surface area contributed by atoms with Gasteiger partial charge in [0.15, 0.2) is 9.84 Å². The Morgan fingerprint density at radius 3 is 2.93 bits per heavy atom. The van der Waals surface area contributed by atoms with Crippen molar-refractivity contribution in [3.63, 3.8) is 0 Å². The minimum atomic E-state index is -3.31. The zero-order chi connectivity index (χ0) is 11.1. The summed E-state index contributed by atoms with van der Waals surface area (Å²) in [4.78, 5) is 0.300. The smallest absolute Gasteiger partial charge is 0.183 e. The van der Waals surface area contributed by atoms with Crippen LogP contribution in [0.5, 0.6) is 0 Å². The van der Waals surface area contributed by atoms with Crippen LogP contribution in [0.1, 0.15) is 5.56 Å². The number of anilines is 1.